The fourth-order valence-corrected chi connectivity index (χ4v) is 3.21. The number of amides is 1. The van der Waals surface area contributed by atoms with Crippen LogP contribution in [0.5, 0.6) is 0 Å². The zero-order valence-corrected chi connectivity index (χ0v) is 13.2. The summed E-state index contributed by atoms with van der Waals surface area (Å²) in [6.45, 7) is 1.44. The van der Waals surface area contributed by atoms with Gasteiger partial charge in [0.15, 0.2) is 0 Å². The van der Waals surface area contributed by atoms with Crippen molar-refractivity contribution in [2.45, 2.75) is 18.9 Å². The summed E-state index contributed by atoms with van der Waals surface area (Å²) < 4.78 is 3.57. The van der Waals surface area contributed by atoms with Gasteiger partial charge in [0, 0.05) is 25.5 Å². The molecule has 2 aromatic heterocycles. The van der Waals surface area contributed by atoms with E-state index in [1.807, 2.05) is 46.1 Å². The van der Waals surface area contributed by atoms with Crippen molar-refractivity contribution in [1.29, 1.82) is 0 Å². The Hall–Kier alpha value is -2.96. The van der Waals surface area contributed by atoms with Gasteiger partial charge in [-0.15, -0.1) is 5.10 Å². The zero-order chi connectivity index (χ0) is 16.4. The molecule has 0 saturated carbocycles. The Kier molecular flexibility index (Phi) is 3.82. The molecule has 1 aromatic carbocycles. The summed E-state index contributed by atoms with van der Waals surface area (Å²) in [6, 6.07) is 9.66. The second kappa shape index (κ2) is 6.27. The van der Waals surface area contributed by atoms with Gasteiger partial charge in [-0.25, -0.2) is 4.68 Å². The molecule has 1 amide bonds. The number of carbonyl (C=O) groups excluding carboxylic acids is 1. The molecule has 7 heteroatoms. The maximum absolute atomic E-state index is 13.1. The smallest absolute Gasteiger partial charge is 0.256 e. The molecule has 1 aliphatic heterocycles. The molecule has 1 atom stereocenters. The number of aromatic nitrogens is 5. The standard InChI is InChI=1S/C17H18N6O/c24-17(15-6-1-2-7-16(15)23-12-9-18-20-23)21-10-3-5-14(13-21)22-11-4-8-19-22/h1-2,4,6-9,11-12,14H,3,5,10,13H2/t14-/m0/s1. The maximum Gasteiger partial charge on any atom is 0.256 e. The minimum atomic E-state index is 0.0259. The third-order valence-electron chi connectivity index (χ3n) is 4.39. The number of hydrogen-bond donors (Lipinski definition) is 0. The van der Waals surface area contributed by atoms with Gasteiger partial charge in [0.2, 0.25) is 0 Å². The molecular formula is C17H18N6O. The first-order valence-electron chi connectivity index (χ1n) is 8.07. The largest absolute Gasteiger partial charge is 0.336 e. The van der Waals surface area contributed by atoms with Crippen molar-refractivity contribution in [2.24, 2.45) is 0 Å². The van der Waals surface area contributed by atoms with Gasteiger partial charge in [0.25, 0.3) is 5.91 Å². The number of carbonyl (C=O) groups is 1. The Morgan fingerprint density at radius 1 is 1.12 bits per heavy atom. The molecule has 4 rings (SSSR count). The predicted molar refractivity (Wildman–Crippen MR) is 87.8 cm³/mol. The van der Waals surface area contributed by atoms with E-state index in [9.17, 15) is 4.79 Å². The van der Waals surface area contributed by atoms with Crippen LogP contribution in [0.25, 0.3) is 5.69 Å². The molecule has 0 radical (unpaired) electrons. The first-order valence-corrected chi connectivity index (χ1v) is 8.07. The van der Waals surface area contributed by atoms with Gasteiger partial charge in [0.1, 0.15) is 0 Å². The zero-order valence-electron chi connectivity index (χ0n) is 13.2. The maximum atomic E-state index is 13.1. The number of likely N-dealkylation sites (tertiary alicyclic amines) is 1. The fourth-order valence-electron chi connectivity index (χ4n) is 3.21. The number of hydrogen-bond acceptors (Lipinski definition) is 4. The molecule has 3 aromatic rings. The Labute approximate surface area is 139 Å². The van der Waals surface area contributed by atoms with Crippen molar-refractivity contribution >= 4 is 5.91 Å². The van der Waals surface area contributed by atoms with E-state index in [4.69, 9.17) is 0 Å². The summed E-state index contributed by atoms with van der Waals surface area (Å²) in [7, 11) is 0. The van der Waals surface area contributed by atoms with Gasteiger partial charge in [0.05, 0.1) is 29.7 Å². The van der Waals surface area contributed by atoms with Crippen molar-refractivity contribution in [1.82, 2.24) is 29.7 Å². The van der Waals surface area contributed by atoms with Gasteiger partial charge < -0.3 is 4.90 Å². The van der Waals surface area contributed by atoms with E-state index in [1.165, 1.54) is 0 Å². The van der Waals surface area contributed by atoms with Crippen molar-refractivity contribution in [3.8, 4) is 5.69 Å². The predicted octanol–water partition coefficient (Wildman–Crippen LogP) is 1.94. The van der Waals surface area contributed by atoms with Crippen LogP contribution in [-0.4, -0.2) is 48.7 Å². The molecule has 0 bridgehead atoms. The van der Waals surface area contributed by atoms with Crippen LogP contribution >= 0.6 is 0 Å². The van der Waals surface area contributed by atoms with E-state index >= 15 is 0 Å². The molecular weight excluding hydrogens is 304 g/mol. The molecule has 0 spiro atoms. The van der Waals surface area contributed by atoms with Crippen LogP contribution in [0, 0.1) is 0 Å². The highest BCUT2D eigenvalue weighted by Crippen LogP contribution is 2.24. The van der Waals surface area contributed by atoms with Crippen LogP contribution < -0.4 is 0 Å². The van der Waals surface area contributed by atoms with Crippen LogP contribution in [0.3, 0.4) is 0 Å². The second-order valence-electron chi connectivity index (χ2n) is 5.90. The summed E-state index contributed by atoms with van der Waals surface area (Å²) in [5, 5.41) is 12.2. The number of para-hydroxylation sites is 1. The van der Waals surface area contributed by atoms with Crippen LogP contribution in [0.4, 0.5) is 0 Å². The van der Waals surface area contributed by atoms with E-state index in [2.05, 4.69) is 15.4 Å². The summed E-state index contributed by atoms with van der Waals surface area (Å²) >= 11 is 0. The number of nitrogens with zero attached hydrogens (tertiary/aromatic N) is 6. The van der Waals surface area contributed by atoms with Gasteiger partial charge in [-0.05, 0) is 31.0 Å². The lowest BCUT2D eigenvalue weighted by atomic mass is 10.0. The van der Waals surface area contributed by atoms with Crippen molar-refractivity contribution < 1.29 is 4.79 Å². The normalized spacial score (nSPS) is 17.8. The first-order chi connectivity index (χ1) is 11.8. The van der Waals surface area contributed by atoms with E-state index < -0.39 is 0 Å². The topological polar surface area (TPSA) is 68.8 Å². The van der Waals surface area contributed by atoms with Gasteiger partial charge in [-0.3, -0.25) is 9.48 Å². The lowest BCUT2D eigenvalue weighted by Crippen LogP contribution is -2.41. The summed E-state index contributed by atoms with van der Waals surface area (Å²) in [5.74, 6) is 0.0259. The minimum Gasteiger partial charge on any atom is -0.336 e. The molecule has 0 aliphatic carbocycles. The van der Waals surface area contributed by atoms with Crippen molar-refractivity contribution in [2.75, 3.05) is 13.1 Å². The quantitative estimate of drug-likeness (QED) is 0.739. The number of piperidine rings is 1. The molecule has 1 fully saturated rings. The molecule has 1 saturated heterocycles. The summed E-state index contributed by atoms with van der Waals surface area (Å²) in [6.07, 6.45) is 9.10. The molecule has 0 unspecified atom stereocenters. The van der Waals surface area contributed by atoms with E-state index in [0.29, 0.717) is 12.1 Å². The number of rotatable bonds is 3. The molecule has 0 N–H and O–H groups in total. The Bertz CT molecular complexity index is 811. The van der Waals surface area contributed by atoms with Crippen molar-refractivity contribution in [3.63, 3.8) is 0 Å². The van der Waals surface area contributed by atoms with E-state index in [0.717, 1.165) is 25.1 Å². The highest BCUT2D eigenvalue weighted by molar-refractivity contribution is 5.97. The highest BCUT2D eigenvalue weighted by atomic mass is 16.2. The van der Waals surface area contributed by atoms with Gasteiger partial charge >= 0.3 is 0 Å². The Balaban J connectivity index is 1.60. The molecule has 7 nitrogen and oxygen atoms in total. The average Bonchev–Trinajstić information content (AvgIpc) is 3.35. The molecule has 122 valence electrons. The third kappa shape index (κ3) is 2.68. The minimum absolute atomic E-state index is 0.0259. The van der Waals surface area contributed by atoms with E-state index in [1.54, 1.807) is 23.3 Å². The lowest BCUT2D eigenvalue weighted by Gasteiger charge is -2.33. The SMILES string of the molecule is O=C(c1ccccc1-n1ccnn1)N1CCC[C@H](n2cccn2)C1. The fraction of sp³-hybridized carbons (Fsp3) is 0.294. The third-order valence-corrected chi connectivity index (χ3v) is 4.39. The average molecular weight is 322 g/mol. The molecule has 1 aliphatic rings. The van der Waals surface area contributed by atoms with Crippen LogP contribution in [-0.2, 0) is 0 Å². The Morgan fingerprint density at radius 2 is 2.04 bits per heavy atom. The van der Waals surface area contributed by atoms with Crippen LogP contribution in [0.2, 0.25) is 0 Å². The van der Waals surface area contributed by atoms with Gasteiger partial charge in [-0.1, -0.05) is 17.3 Å². The van der Waals surface area contributed by atoms with Gasteiger partial charge in [-0.2, -0.15) is 5.10 Å². The lowest BCUT2D eigenvalue weighted by molar-refractivity contribution is 0.0673. The summed E-state index contributed by atoms with van der Waals surface area (Å²) in [4.78, 5) is 15.0. The Morgan fingerprint density at radius 3 is 2.83 bits per heavy atom. The highest BCUT2D eigenvalue weighted by Gasteiger charge is 2.27. The first kappa shape index (κ1) is 14.6. The van der Waals surface area contributed by atoms with Crippen molar-refractivity contribution in [3.05, 3.63) is 60.7 Å². The monoisotopic (exact) mass is 322 g/mol. The second-order valence-corrected chi connectivity index (χ2v) is 5.90. The molecule has 3 heterocycles. The molecule has 24 heavy (non-hydrogen) atoms. The van der Waals surface area contributed by atoms with E-state index in [-0.39, 0.29) is 11.9 Å². The van der Waals surface area contributed by atoms with Crippen LogP contribution in [0.1, 0.15) is 29.2 Å². The number of benzene rings is 1. The van der Waals surface area contributed by atoms with Crippen LogP contribution in [0.15, 0.2) is 55.1 Å². The summed E-state index contributed by atoms with van der Waals surface area (Å²) in [5.41, 5.74) is 1.39.